The molecule has 1 amide bonds. The van der Waals surface area contributed by atoms with Gasteiger partial charge < -0.3 is 10.2 Å². The molecule has 2 fully saturated rings. The van der Waals surface area contributed by atoms with Crippen molar-refractivity contribution in [1.29, 1.82) is 5.26 Å². The van der Waals surface area contributed by atoms with Gasteiger partial charge in [-0.25, -0.2) is 8.42 Å². The Morgan fingerprint density at radius 2 is 2.00 bits per heavy atom. The third-order valence-electron chi connectivity index (χ3n) is 4.84. The fourth-order valence-electron chi connectivity index (χ4n) is 3.42. The van der Waals surface area contributed by atoms with E-state index < -0.39 is 10.0 Å². The number of halogens is 1. The fourth-order valence-corrected chi connectivity index (χ4v) is 5.47. The predicted molar refractivity (Wildman–Crippen MR) is 97.1 cm³/mol. The van der Waals surface area contributed by atoms with Crippen LogP contribution in [-0.2, 0) is 14.8 Å². The van der Waals surface area contributed by atoms with Gasteiger partial charge in [-0.1, -0.05) is 11.6 Å². The summed E-state index contributed by atoms with van der Waals surface area (Å²) in [4.78, 5) is 14.5. The van der Waals surface area contributed by atoms with E-state index in [-0.39, 0.29) is 28.3 Å². The summed E-state index contributed by atoms with van der Waals surface area (Å²) < 4.78 is 27.3. The number of carbonyl (C=O) groups is 1. The fraction of sp³-hybridized carbons (Fsp3) is 0.529. The van der Waals surface area contributed by atoms with Gasteiger partial charge in [-0.15, -0.1) is 0 Å². The van der Waals surface area contributed by atoms with Crippen molar-refractivity contribution >= 4 is 27.5 Å². The zero-order valence-electron chi connectivity index (χ0n) is 14.3. The molecule has 1 atom stereocenters. The molecule has 1 aromatic carbocycles. The van der Waals surface area contributed by atoms with E-state index >= 15 is 0 Å². The van der Waals surface area contributed by atoms with Crippen LogP contribution in [-0.4, -0.2) is 62.8 Å². The maximum atomic E-state index is 13.0. The van der Waals surface area contributed by atoms with E-state index in [9.17, 15) is 13.2 Å². The summed E-state index contributed by atoms with van der Waals surface area (Å²) in [5, 5.41) is 12.1. The van der Waals surface area contributed by atoms with Gasteiger partial charge in [-0.05, 0) is 31.0 Å². The van der Waals surface area contributed by atoms with Crippen LogP contribution in [0.4, 0.5) is 0 Å². The monoisotopic (exact) mass is 396 g/mol. The molecule has 2 saturated heterocycles. The van der Waals surface area contributed by atoms with Gasteiger partial charge in [0.1, 0.15) is 4.90 Å². The number of carbonyl (C=O) groups excluding carboxylic acids is 1. The minimum atomic E-state index is -3.81. The number of rotatable bonds is 3. The van der Waals surface area contributed by atoms with Gasteiger partial charge in [-0.3, -0.25) is 4.79 Å². The molecule has 0 spiro atoms. The van der Waals surface area contributed by atoms with E-state index in [4.69, 9.17) is 16.9 Å². The Labute approximate surface area is 158 Å². The van der Waals surface area contributed by atoms with E-state index in [1.54, 1.807) is 0 Å². The highest BCUT2D eigenvalue weighted by atomic mass is 35.5. The van der Waals surface area contributed by atoms with Crippen LogP contribution >= 0.6 is 11.6 Å². The Hall–Kier alpha value is -1.66. The summed E-state index contributed by atoms with van der Waals surface area (Å²) in [6.07, 6.45) is 1.32. The number of benzene rings is 1. The first-order chi connectivity index (χ1) is 12.4. The zero-order chi connectivity index (χ0) is 18.7. The number of piperazine rings is 1. The molecule has 1 aromatic rings. The van der Waals surface area contributed by atoms with Crippen LogP contribution < -0.4 is 5.32 Å². The van der Waals surface area contributed by atoms with Crippen LogP contribution in [0.25, 0.3) is 0 Å². The molecule has 0 aliphatic carbocycles. The third-order valence-corrected chi connectivity index (χ3v) is 7.19. The van der Waals surface area contributed by atoms with Crippen molar-refractivity contribution in [2.24, 2.45) is 5.92 Å². The second-order valence-electron chi connectivity index (χ2n) is 6.53. The van der Waals surface area contributed by atoms with Gasteiger partial charge in [0.05, 0.1) is 22.6 Å². The van der Waals surface area contributed by atoms with Crippen LogP contribution in [0.3, 0.4) is 0 Å². The minimum absolute atomic E-state index is 0.0200. The average molecular weight is 397 g/mol. The number of nitrogens with zero attached hydrogens (tertiary/aromatic N) is 3. The molecule has 1 unspecified atom stereocenters. The van der Waals surface area contributed by atoms with Crippen molar-refractivity contribution in [2.45, 2.75) is 17.7 Å². The molecule has 140 valence electrons. The number of piperidine rings is 1. The van der Waals surface area contributed by atoms with Gasteiger partial charge >= 0.3 is 0 Å². The molecule has 1 N–H and O–H groups in total. The molecule has 2 aliphatic heterocycles. The summed E-state index contributed by atoms with van der Waals surface area (Å²) in [5.41, 5.74) is 0.305. The first kappa shape index (κ1) is 19.1. The maximum Gasteiger partial charge on any atom is 0.244 e. The molecule has 0 saturated carbocycles. The molecule has 2 aliphatic rings. The van der Waals surface area contributed by atoms with Gasteiger partial charge in [0.15, 0.2) is 0 Å². The Bertz CT molecular complexity index is 831. The van der Waals surface area contributed by atoms with Crippen LogP contribution in [0.5, 0.6) is 0 Å². The molecule has 26 heavy (non-hydrogen) atoms. The highest BCUT2D eigenvalue weighted by Gasteiger charge is 2.36. The van der Waals surface area contributed by atoms with E-state index in [0.29, 0.717) is 38.0 Å². The first-order valence-electron chi connectivity index (χ1n) is 8.63. The van der Waals surface area contributed by atoms with Gasteiger partial charge in [0.2, 0.25) is 15.9 Å². The van der Waals surface area contributed by atoms with Crippen LogP contribution in [0.1, 0.15) is 18.4 Å². The Morgan fingerprint density at radius 3 is 2.65 bits per heavy atom. The third kappa shape index (κ3) is 3.86. The summed E-state index contributed by atoms with van der Waals surface area (Å²) in [6, 6.07) is 6.08. The first-order valence-corrected chi connectivity index (χ1v) is 10.4. The Balaban J connectivity index is 1.78. The lowest BCUT2D eigenvalue weighted by Gasteiger charge is -2.36. The predicted octanol–water partition coefficient (Wildman–Crippen LogP) is 1.04. The summed E-state index contributed by atoms with van der Waals surface area (Å²) in [5.74, 6) is -0.300. The molecule has 3 rings (SSSR count). The van der Waals surface area contributed by atoms with Crippen molar-refractivity contribution in [3.05, 3.63) is 28.8 Å². The molecule has 0 bridgehead atoms. The topological polar surface area (TPSA) is 93.5 Å². The number of hydrogen-bond donors (Lipinski definition) is 1. The summed E-state index contributed by atoms with van der Waals surface area (Å²) >= 11 is 6.09. The Morgan fingerprint density at radius 1 is 1.27 bits per heavy atom. The number of amides is 1. The van der Waals surface area contributed by atoms with E-state index in [1.807, 2.05) is 11.0 Å². The largest absolute Gasteiger partial charge is 0.340 e. The van der Waals surface area contributed by atoms with Crippen molar-refractivity contribution in [2.75, 3.05) is 39.3 Å². The van der Waals surface area contributed by atoms with Gasteiger partial charge in [0.25, 0.3) is 0 Å². The van der Waals surface area contributed by atoms with Crippen molar-refractivity contribution in [3.63, 3.8) is 0 Å². The van der Waals surface area contributed by atoms with E-state index in [1.165, 1.54) is 22.5 Å². The van der Waals surface area contributed by atoms with Crippen molar-refractivity contribution in [3.8, 4) is 6.07 Å². The molecule has 2 heterocycles. The lowest BCUT2D eigenvalue weighted by Crippen LogP contribution is -2.51. The SMILES string of the molecule is N#Cc1ccc(S(=O)(=O)N2CCCC(C(=O)N3CCNCC3)C2)c(Cl)c1. The summed E-state index contributed by atoms with van der Waals surface area (Å²) in [7, 11) is -3.81. The number of nitriles is 1. The molecule has 0 radical (unpaired) electrons. The van der Waals surface area contributed by atoms with E-state index in [0.717, 1.165) is 13.1 Å². The lowest BCUT2D eigenvalue weighted by molar-refractivity contribution is -0.137. The highest BCUT2D eigenvalue weighted by molar-refractivity contribution is 7.89. The second kappa shape index (κ2) is 7.92. The number of sulfonamides is 1. The number of nitrogens with one attached hydrogen (secondary N) is 1. The molecular formula is C17H21ClN4O3S. The zero-order valence-corrected chi connectivity index (χ0v) is 15.9. The maximum absolute atomic E-state index is 13.0. The van der Waals surface area contributed by atoms with Crippen molar-refractivity contribution in [1.82, 2.24) is 14.5 Å². The lowest BCUT2D eigenvalue weighted by atomic mass is 9.98. The van der Waals surface area contributed by atoms with Crippen LogP contribution in [0, 0.1) is 17.2 Å². The normalized spacial score (nSPS) is 22.0. The van der Waals surface area contributed by atoms with Crippen molar-refractivity contribution < 1.29 is 13.2 Å². The van der Waals surface area contributed by atoms with Crippen LogP contribution in [0.15, 0.2) is 23.1 Å². The molecule has 7 nitrogen and oxygen atoms in total. The molecular weight excluding hydrogens is 376 g/mol. The number of hydrogen-bond acceptors (Lipinski definition) is 5. The Kier molecular flexibility index (Phi) is 5.82. The standard InChI is InChI=1S/C17H21ClN4O3S/c18-15-10-13(11-19)3-4-16(15)26(24,25)22-7-1-2-14(12-22)17(23)21-8-5-20-6-9-21/h3-4,10,14,20H,1-2,5-9,12H2. The quantitative estimate of drug-likeness (QED) is 0.824. The highest BCUT2D eigenvalue weighted by Crippen LogP contribution is 2.29. The second-order valence-corrected chi connectivity index (χ2v) is 8.85. The minimum Gasteiger partial charge on any atom is -0.340 e. The van der Waals surface area contributed by atoms with Crippen LogP contribution in [0.2, 0.25) is 5.02 Å². The smallest absolute Gasteiger partial charge is 0.244 e. The van der Waals surface area contributed by atoms with E-state index in [2.05, 4.69) is 5.32 Å². The van der Waals surface area contributed by atoms with Gasteiger partial charge in [0, 0.05) is 39.3 Å². The molecule has 9 heteroatoms. The molecule has 0 aromatic heterocycles. The summed E-state index contributed by atoms with van der Waals surface area (Å²) in [6.45, 7) is 3.38. The average Bonchev–Trinajstić information content (AvgIpc) is 2.67. The van der Waals surface area contributed by atoms with Gasteiger partial charge in [-0.2, -0.15) is 9.57 Å².